The van der Waals surface area contributed by atoms with Crippen molar-refractivity contribution in [3.05, 3.63) is 48.6 Å². The van der Waals surface area contributed by atoms with E-state index in [0.29, 0.717) is 19.3 Å². The fraction of sp³-hybridized carbons (Fsp3) is 0.828. The van der Waals surface area contributed by atoms with Crippen molar-refractivity contribution >= 4 is 17.9 Å². The van der Waals surface area contributed by atoms with E-state index in [1.807, 2.05) is 0 Å². The van der Waals surface area contributed by atoms with E-state index in [2.05, 4.69) is 69.4 Å². The Morgan fingerprint density at radius 2 is 0.529 bits per heavy atom. The highest BCUT2D eigenvalue weighted by Gasteiger charge is 2.19. The number of hydrogen-bond donors (Lipinski definition) is 0. The van der Waals surface area contributed by atoms with Gasteiger partial charge < -0.3 is 14.2 Å². The van der Waals surface area contributed by atoms with Crippen molar-refractivity contribution < 1.29 is 28.6 Å². The molecule has 0 amide bonds. The normalized spacial score (nSPS) is 12.3. The third kappa shape index (κ3) is 56.3. The largest absolute Gasteiger partial charge is 0.462 e. The van der Waals surface area contributed by atoms with Crippen LogP contribution >= 0.6 is 0 Å². The molecule has 0 fully saturated rings. The Kier molecular flexibility index (Phi) is 56.7. The van der Waals surface area contributed by atoms with Crippen LogP contribution in [0.1, 0.15) is 323 Å². The highest BCUT2D eigenvalue weighted by molar-refractivity contribution is 5.71. The zero-order valence-corrected chi connectivity index (χ0v) is 46.8. The molecular formula is C64H116O6. The Balaban J connectivity index is 4.35. The van der Waals surface area contributed by atoms with E-state index < -0.39 is 6.10 Å². The molecule has 6 nitrogen and oxygen atoms in total. The summed E-state index contributed by atoms with van der Waals surface area (Å²) in [4.78, 5) is 38.2. The SMILES string of the molecule is CCCC/C=C\C/C=C\CCCCCCCC(=O)OCC(COC(=O)CCCCCCCCCCC/C=C\CCCCCCCC)OC(=O)CCCCCCCCCCC/C=C\CCCCCCCC. The first-order valence-corrected chi connectivity index (χ1v) is 30.6. The molecule has 408 valence electrons. The van der Waals surface area contributed by atoms with E-state index in [9.17, 15) is 14.4 Å². The van der Waals surface area contributed by atoms with Crippen LogP contribution in [0.25, 0.3) is 0 Å². The van der Waals surface area contributed by atoms with Crippen molar-refractivity contribution in [3.8, 4) is 0 Å². The highest BCUT2D eigenvalue weighted by atomic mass is 16.6. The van der Waals surface area contributed by atoms with Crippen molar-refractivity contribution in [1.82, 2.24) is 0 Å². The lowest BCUT2D eigenvalue weighted by Crippen LogP contribution is -2.30. The van der Waals surface area contributed by atoms with Gasteiger partial charge in [0.25, 0.3) is 0 Å². The van der Waals surface area contributed by atoms with Crippen LogP contribution in [0.2, 0.25) is 0 Å². The van der Waals surface area contributed by atoms with Crippen LogP contribution in [0.4, 0.5) is 0 Å². The Hall–Kier alpha value is -2.63. The molecule has 0 saturated heterocycles. The molecule has 70 heavy (non-hydrogen) atoms. The molecule has 0 spiro atoms. The number of ether oxygens (including phenoxy) is 3. The summed E-state index contributed by atoms with van der Waals surface area (Å²) in [7, 11) is 0. The second-order valence-corrected chi connectivity index (χ2v) is 20.6. The predicted octanol–water partition coefficient (Wildman–Crippen LogP) is 20.6. The van der Waals surface area contributed by atoms with Gasteiger partial charge in [-0.25, -0.2) is 0 Å². The Labute approximate surface area is 435 Å². The molecule has 0 rings (SSSR count). The van der Waals surface area contributed by atoms with Gasteiger partial charge in [-0.2, -0.15) is 0 Å². The van der Waals surface area contributed by atoms with Gasteiger partial charge in [0.2, 0.25) is 0 Å². The Morgan fingerprint density at radius 1 is 0.286 bits per heavy atom. The summed E-state index contributed by atoms with van der Waals surface area (Å²) in [5.41, 5.74) is 0. The molecule has 0 aromatic heterocycles. The number of hydrogen-bond acceptors (Lipinski definition) is 6. The molecule has 1 atom stereocenters. The van der Waals surface area contributed by atoms with Gasteiger partial charge in [0, 0.05) is 19.3 Å². The maximum absolute atomic E-state index is 12.9. The quantitative estimate of drug-likeness (QED) is 0.0261. The van der Waals surface area contributed by atoms with Gasteiger partial charge in [-0.05, 0) is 96.3 Å². The fourth-order valence-electron chi connectivity index (χ4n) is 8.86. The second kappa shape index (κ2) is 58.9. The van der Waals surface area contributed by atoms with Gasteiger partial charge in [-0.1, -0.05) is 256 Å². The van der Waals surface area contributed by atoms with E-state index in [-0.39, 0.29) is 31.1 Å². The van der Waals surface area contributed by atoms with E-state index in [4.69, 9.17) is 14.2 Å². The average Bonchev–Trinajstić information content (AvgIpc) is 3.36. The Bertz CT molecular complexity index is 1220. The number of allylic oxidation sites excluding steroid dienone is 8. The first kappa shape index (κ1) is 67.4. The number of esters is 3. The van der Waals surface area contributed by atoms with Crippen LogP contribution < -0.4 is 0 Å². The summed E-state index contributed by atoms with van der Waals surface area (Å²) >= 11 is 0. The van der Waals surface area contributed by atoms with E-state index in [1.165, 1.54) is 205 Å². The summed E-state index contributed by atoms with van der Waals surface area (Å²) in [6.45, 7) is 6.62. The standard InChI is InChI=1S/C64H116O6/c1-4-7-10-13-16-19-22-25-28-30-32-34-36-39-42-45-48-51-54-57-63(66)69-60-61(59-68-62(65)56-53-50-47-44-41-38-27-24-21-18-15-12-9-6-3)70-64(67)58-55-52-49-46-43-40-37-35-33-31-29-26-23-20-17-14-11-8-5-2/h15,18,24-29,61H,4-14,16-17,19-23,30-60H2,1-3H3/b18-15-,27-24-,28-25-,29-26-. The number of carbonyl (C=O) groups excluding carboxylic acids is 3. The lowest BCUT2D eigenvalue weighted by Gasteiger charge is -2.18. The van der Waals surface area contributed by atoms with Crippen molar-refractivity contribution in [2.75, 3.05) is 13.2 Å². The summed E-state index contributed by atoms with van der Waals surface area (Å²) in [5, 5.41) is 0. The molecule has 0 aromatic carbocycles. The maximum Gasteiger partial charge on any atom is 0.306 e. The third-order valence-electron chi connectivity index (χ3n) is 13.5. The summed E-state index contributed by atoms with van der Waals surface area (Å²) in [6, 6.07) is 0. The van der Waals surface area contributed by atoms with E-state index in [1.54, 1.807) is 0 Å². The molecule has 0 aliphatic rings. The first-order valence-electron chi connectivity index (χ1n) is 30.6. The molecule has 0 aromatic rings. The van der Waals surface area contributed by atoms with E-state index >= 15 is 0 Å². The van der Waals surface area contributed by atoms with E-state index in [0.717, 1.165) is 77.0 Å². The Morgan fingerprint density at radius 3 is 0.843 bits per heavy atom. The maximum atomic E-state index is 12.9. The number of carbonyl (C=O) groups is 3. The van der Waals surface area contributed by atoms with Gasteiger partial charge in [-0.3, -0.25) is 14.4 Å². The van der Waals surface area contributed by atoms with Crippen LogP contribution in [0.3, 0.4) is 0 Å². The van der Waals surface area contributed by atoms with Crippen molar-refractivity contribution in [2.24, 2.45) is 0 Å². The molecule has 0 bridgehead atoms. The minimum Gasteiger partial charge on any atom is -0.462 e. The summed E-state index contributed by atoms with van der Waals surface area (Å²) in [5.74, 6) is -0.880. The fourth-order valence-corrected chi connectivity index (χ4v) is 8.86. The molecule has 0 saturated carbocycles. The molecule has 0 aliphatic heterocycles. The van der Waals surface area contributed by atoms with Gasteiger partial charge in [0.15, 0.2) is 6.10 Å². The zero-order chi connectivity index (χ0) is 50.7. The van der Waals surface area contributed by atoms with Crippen molar-refractivity contribution in [1.29, 1.82) is 0 Å². The third-order valence-corrected chi connectivity index (χ3v) is 13.5. The van der Waals surface area contributed by atoms with Crippen molar-refractivity contribution in [2.45, 2.75) is 329 Å². The lowest BCUT2D eigenvalue weighted by molar-refractivity contribution is -0.167. The topological polar surface area (TPSA) is 78.9 Å². The van der Waals surface area contributed by atoms with Crippen LogP contribution in [0, 0.1) is 0 Å². The minimum absolute atomic E-state index is 0.0775. The molecular weight excluding hydrogens is 865 g/mol. The zero-order valence-electron chi connectivity index (χ0n) is 46.8. The van der Waals surface area contributed by atoms with Crippen LogP contribution in [0.5, 0.6) is 0 Å². The van der Waals surface area contributed by atoms with Crippen LogP contribution in [-0.2, 0) is 28.6 Å². The van der Waals surface area contributed by atoms with Crippen LogP contribution in [0.15, 0.2) is 48.6 Å². The predicted molar refractivity (Wildman–Crippen MR) is 302 cm³/mol. The molecule has 6 heteroatoms. The summed E-state index contributed by atoms with van der Waals surface area (Å²) in [6.07, 6.45) is 72.5. The molecule has 1 unspecified atom stereocenters. The molecule has 0 aliphatic carbocycles. The first-order chi connectivity index (χ1) is 34.5. The molecule has 0 radical (unpaired) electrons. The van der Waals surface area contributed by atoms with Crippen molar-refractivity contribution in [3.63, 3.8) is 0 Å². The summed E-state index contributed by atoms with van der Waals surface area (Å²) < 4.78 is 16.9. The lowest BCUT2D eigenvalue weighted by atomic mass is 10.1. The number of rotatable bonds is 56. The van der Waals surface area contributed by atoms with Crippen LogP contribution in [-0.4, -0.2) is 37.2 Å². The number of unbranched alkanes of at least 4 members (excludes halogenated alkanes) is 37. The van der Waals surface area contributed by atoms with Gasteiger partial charge in [0.1, 0.15) is 13.2 Å². The van der Waals surface area contributed by atoms with Gasteiger partial charge in [0.05, 0.1) is 0 Å². The molecule has 0 N–H and O–H groups in total. The highest BCUT2D eigenvalue weighted by Crippen LogP contribution is 2.16. The van der Waals surface area contributed by atoms with Gasteiger partial charge in [-0.15, -0.1) is 0 Å². The second-order valence-electron chi connectivity index (χ2n) is 20.6. The minimum atomic E-state index is -0.780. The monoisotopic (exact) mass is 981 g/mol. The average molecular weight is 982 g/mol. The smallest absolute Gasteiger partial charge is 0.306 e. The van der Waals surface area contributed by atoms with Gasteiger partial charge >= 0.3 is 17.9 Å². The molecule has 0 heterocycles.